The highest BCUT2D eigenvalue weighted by Crippen LogP contribution is 2.37. The second-order valence-corrected chi connectivity index (χ2v) is 4.51. The molecule has 0 saturated carbocycles. The van der Waals surface area contributed by atoms with Gasteiger partial charge in [0.2, 0.25) is 0 Å². The lowest BCUT2D eigenvalue weighted by Crippen LogP contribution is -2.24. The third-order valence-electron chi connectivity index (χ3n) is 3.33. The van der Waals surface area contributed by atoms with Crippen molar-refractivity contribution in [2.75, 3.05) is 13.2 Å². The van der Waals surface area contributed by atoms with E-state index in [9.17, 15) is 24.8 Å². The number of benzene rings is 1. The van der Waals surface area contributed by atoms with Crippen LogP contribution in [0.25, 0.3) is 0 Å². The summed E-state index contributed by atoms with van der Waals surface area (Å²) in [5.74, 6) is -1.70. The molecule has 0 aliphatic heterocycles. The standard InChI is InChI=1S/C14H13NO6/c1-3-21-6-8-7(2)13(17)11-9(15(19)20)4-5-10(16)12(11)14(8)18/h4-5,16H,3,6H2,1-2H3. The molecule has 0 amide bonds. The van der Waals surface area contributed by atoms with Crippen molar-refractivity contribution in [1.82, 2.24) is 0 Å². The van der Waals surface area contributed by atoms with Crippen molar-refractivity contribution < 1.29 is 24.4 Å². The van der Waals surface area contributed by atoms with Crippen molar-refractivity contribution >= 4 is 17.3 Å². The van der Waals surface area contributed by atoms with Crippen LogP contribution in [0.4, 0.5) is 5.69 Å². The second-order valence-electron chi connectivity index (χ2n) is 4.51. The Bertz CT molecular complexity index is 689. The van der Waals surface area contributed by atoms with Gasteiger partial charge in [-0.2, -0.15) is 0 Å². The molecule has 1 aromatic carbocycles. The molecule has 0 spiro atoms. The van der Waals surface area contributed by atoms with E-state index in [0.717, 1.165) is 12.1 Å². The minimum atomic E-state index is -0.746. The number of carbonyl (C=O) groups excluding carboxylic acids is 2. The Morgan fingerprint density at radius 2 is 1.90 bits per heavy atom. The molecule has 21 heavy (non-hydrogen) atoms. The number of carbonyl (C=O) groups is 2. The van der Waals surface area contributed by atoms with Crippen LogP contribution in [0.1, 0.15) is 34.6 Å². The van der Waals surface area contributed by atoms with Crippen molar-refractivity contribution in [3.63, 3.8) is 0 Å². The summed E-state index contributed by atoms with van der Waals surface area (Å²) in [6.45, 7) is 3.44. The molecule has 110 valence electrons. The van der Waals surface area contributed by atoms with Crippen molar-refractivity contribution in [2.45, 2.75) is 13.8 Å². The molecule has 0 heterocycles. The minimum Gasteiger partial charge on any atom is -0.507 e. The molecule has 7 nitrogen and oxygen atoms in total. The molecule has 0 aromatic heterocycles. The van der Waals surface area contributed by atoms with Crippen LogP contribution in [0.3, 0.4) is 0 Å². The lowest BCUT2D eigenvalue weighted by Gasteiger charge is -2.19. The average molecular weight is 291 g/mol. The van der Waals surface area contributed by atoms with E-state index in [1.54, 1.807) is 6.92 Å². The SMILES string of the molecule is CCOCC1=C(C)C(=O)c2c([N+](=O)[O-])ccc(O)c2C1=O. The predicted octanol–water partition coefficient (Wildman–Crippen LogP) is 2.03. The maximum absolute atomic E-state index is 12.4. The van der Waals surface area contributed by atoms with E-state index in [0.29, 0.717) is 6.61 Å². The molecule has 0 fully saturated rings. The zero-order chi connectivity index (χ0) is 15.7. The Labute approximate surface area is 120 Å². The fourth-order valence-corrected chi connectivity index (χ4v) is 2.22. The summed E-state index contributed by atoms with van der Waals surface area (Å²) in [6, 6.07) is 2.06. The molecule has 1 aliphatic rings. The van der Waals surface area contributed by atoms with Gasteiger partial charge in [-0.25, -0.2) is 0 Å². The van der Waals surface area contributed by atoms with Gasteiger partial charge in [-0.1, -0.05) is 0 Å². The third-order valence-corrected chi connectivity index (χ3v) is 3.33. The lowest BCUT2D eigenvalue weighted by molar-refractivity contribution is -0.385. The molecule has 0 atom stereocenters. The number of phenolic OH excluding ortho intramolecular Hbond substituents is 1. The molecule has 2 rings (SSSR count). The Morgan fingerprint density at radius 1 is 1.24 bits per heavy atom. The molecular formula is C14H13NO6. The van der Waals surface area contributed by atoms with E-state index in [2.05, 4.69) is 0 Å². The van der Waals surface area contributed by atoms with Crippen LogP contribution in [-0.4, -0.2) is 34.8 Å². The number of ether oxygens (including phenoxy) is 1. The number of hydrogen-bond donors (Lipinski definition) is 1. The van der Waals surface area contributed by atoms with Gasteiger partial charge in [0, 0.05) is 23.8 Å². The number of hydrogen-bond acceptors (Lipinski definition) is 6. The van der Waals surface area contributed by atoms with E-state index in [-0.39, 0.29) is 28.9 Å². The van der Waals surface area contributed by atoms with E-state index in [1.165, 1.54) is 6.92 Å². The number of fused-ring (bicyclic) bond motifs is 1. The van der Waals surface area contributed by atoms with Gasteiger partial charge in [0.05, 0.1) is 17.1 Å². The highest BCUT2D eigenvalue weighted by Gasteiger charge is 2.37. The van der Waals surface area contributed by atoms with Crippen LogP contribution in [0.2, 0.25) is 0 Å². The quantitative estimate of drug-likeness (QED) is 0.672. The van der Waals surface area contributed by atoms with Gasteiger partial charge < -0.3 is 9.84 Å². The first-order chi connectivity index (χ1) is 9.90. The molecule has 0 saturated heterocycles. The number of nitro groups is 1. The van der Waals surface area contributed by atoms with Gasteiger partial charge in [0.15, 0.2) is 11.6 Å². The monoisotopic (exact) mass is 291 g/mol. The maximum atomic E-state index is 12.4. The van der Waals surface area contributed by atoms with E-state index in [4.69, 9.17) is 4.74 Å². The van der Waals surface area contributed by atoms with Crippen LogP contribution in [0, 0.1) is 10.1 Å². The first kappa shape index (κ1) is 14.9. The van der Waals surface area contributed by atoms with E-state index >= 15 is 0 Å². The molecule has 1 N–H and O–H groups in total. The van der Waals surface area contributed by atoms with Gasteiger partial charge in [-0.15, -0.1) is 0 Å². The third kappa shape index (κ3) is 2.31. The minimum absolute atomic E-state index is 0.0749. The van der Waals surface area contributed by atoms with Gasteiger partial charge in [0.1, 0.15) is 11.3 Å². The molecule has 7 heteroatoms. The summed E-state index contributed by atoms with van der Waals surface area (Å²) < 4.78 is 5.15. The number of nitro benzene ring substituents is 1. The number of phenols is 1. The summed E-state index contributed by atoms with van der Waals surface area (Å²) in [5.41, 5.74) is -0.951. The van der Waals surface area contributed by atoms with Crippen molar-refractivity contribution in [3.8, 4) is 5.75 Å². The van der Waals surface area contributed by atoms with Gasteiger partial charge in [-0.3, -0.25) is 19.7 Å². The molecule has 1 aromatic rings. The second kappa shape index (κ2) is 5.45. The van der Waals surface area contributed by atoms with Crippen LogP contribution in [0.15, 0.2) is 23.3 Å². The summed E-state index contributed by atoms with van der Waals surface area (Å²) in [4.78, 5) is 35.0. The smallest absolute Gasteiger partial charge is 0.281 e. The average Bonchev–Trinajstić information content (AvgIpc) is 2.44. The van der Waals surface area contributed by atoms with Gasteiger partial charge >= 0.3 is 0 Å². The lowest BCUT2D eigenvalue weighted by atomic mass is 9.83. The fraction of sp³-hybridized carbons (Fsp3) is 0.286. The zero-order valence-electron chi connectivity index (χ0n) is 11.5. The van der Waals surface area contributed by atoms with Gasteiger partial charge in [0.25, 0.3) is 5.69 Å². The maximum Gasteiger partial charge on any atom is 0.281 e. The van der Waals surface area contributed by atoms with Crippen LogP contribution in [0.5, 0.6) is 5.75 Å². The molecule has 0 unspecified atom stereocenters. The number of rotatable bonds is 4. The summed E-state index contributed by atoms with van der Waals surface area (Å²) >= 11 is 0. The fourth-order valence-electron chi connectivity index (χ4n) is 2.22. The van der Waals surface area contributed by atoms with Crippen LogP contribution >= 0.6 is 0 Å². The van der Waals surface area contributed by atoms with Crippen molar-refractivity contribution in [2.24, 2.45) is 0 Å². The Morgan fingerprint density at radius 3 is 2.48 bits per heavy atom. The molecule has 0 bridgehead atoms. The molecule has 0 radical (unpaired) electrons. The largest absolute Gasteiger partial charge is 0.507 e. The summed E-state index contributed by atoms with van der Waals surface area (Å²) in [6.07, 6.45) is 0. The number of aromatic hydroxyl groups is 1. The van der Waals surface area contributed by atoms with E-state index < -0.39 is 27.9 Å². The Kier molecular flexibility index (Phi) is 3.86. The van der Waals surface area contributed by atoms with Crippen LogP contribution < -0.4 is 0 Å². The zero-order valence-corrected chi connectivity index (χ0v) is 11.5. The highest BCUT2D eigenvalue weighted by atomic mass is 16.6. The van der Waals surface area contributed by atoms with Crippen molar-refractivity contribution in [3.05, 3.63) is 44.5 Å². The summed E-state index contributed by atoms with van der Waals surface area (Å²) in [7, 11) is 0. The molecular weight excluding hydrogens is 278 g/mol. The van der Waals surface area contributed by atoms with E-state index in [1.807, 2.05) is 0 Å². The number of allylic oxidation sites excluding steroid dienone is 1. The Balaban J connectivity index is 2.68. The number of nitrogens with zero attached hydrogens (tertiary/aromatic N) is 1. The normalized spacial score (nSPS) is 14.4. The first-order valence-corrected chi connectivity index (χ1v) is 6.27. The predicted molar refractivity (Wildman–Crippen MR) is 72.6 cm³/mol. The first-order valence-electron chi connectivity index (χ1n) is 6.27. The summed E-state index contributed by atoms with van der Waals surface area (Å²) in [5, 5.41) is 20.8. The van der Waals surface area contributed by atoms with Crippen molar-refractivity contribution in [1.29, 1.82) is 0 Å². The highest BCUT2D eigenvalue weighted by molar-refractivity contribution is 6.29. The Hall–Kier alpha value is -2.54. The topological polar surface area (TPSA) is 107 Å². The number of ketones is 2. The van der Waals surface area contributed by atoms with Crippen LogP contribution in [-0.2, 0) is 4.74 Å². The molecule has 1 aliphatic carbocycles. The number of Topliss-reactive ketones (excluding diaryl/α,β-unsaturated/α-hetero) is 2. The van der Waals surface area contributed by atoms with Gasteiger partial charge in [-0.05, 0) is 19.9 Å².